The van der Waals surface area contributed by atoms with Crippen LogP contribution in [0.1, 0.15) is 0 Å². The minimum atomic E-state index is -5.17. The van der Waals surface area contributed by atoms with Crippen LogP contribution in [-0.2, 0) is 76.0 Å². The van der Waals surface area contributed by atoms with E-state index in [1.807, 2.05) is 0 Å². The summed E-state index contributed by atoms with van der Waals surface area (Å²) in [7, 11) is -15.5. The molecule has 0 radical (unpaired) electrons. The van der Waals surface area contributed by atoms with Crippen LogP contribution >= 0.6 is 0 Å². The molecular formula is Au2O12S3. The van der Waals surface area contributed by atoms with Crippen LogP contribution in [-0.4, -0.2) is 52.6 Å². The largest absolute Gasteiger partial charge is 3.00 e. The molecule has 0 N–H and O–H groups in total. The first-order chi connectivity index (χ1) is 6.00. The molecule has 112 valence electrons. The van der Waals surface area contributed by atoms with Crippen molar-refractivity contribution in [1.29, 1.82) is 0 Å². The minimum absolute atomic E-state index is 0. The van der Waals surface area contributed by atoms with Crippen LogP contribution < -0.4 is 0 Å². The van der Waals surface area contributed by atoms with Crippen molar-refractivity contribution in [3.63, 3.8) is 0 Å². The minimum Gasteiger partial charge on any atom is -0.759 e. The fraction of sp³-hybridized carbons (Fsp3) is 0. The van der Waals surface area contributed by atoms with E-state index in [0.717, 1.165) is 0 Å². The molecule has 0 bridgehead atoms. The summed E-state index contributed by atoms with van der Waals surface area (Å²) >= 11 is 0. The molecule has 0 aliphatic carbocycles. The normalized spacial score (nSPS) is 10.2. The zero-order valence-corrected chi connectivity index (χ0v) is 13.5. The Kier molecular flexibility index (Phi) is 22.0. The van der Waals surface area contributed by atoms with Gasteiger partial charge in [0.15, 0.2) is 0 Å². The molecule has 12 nitrogen and oxygen atoms in total. The Morgan fingerprint density at radius 3 is 0.412 bits per heavy atom. The molecule has 0 saturated carbocycles. The molecule has 0 saturated heterocycles. The summed E-state index contributed by atoms with van der Waals surface area (Å²) in [5, 5.41) is 0. The predicted octanol–water partition coefficient (Wildman–Crippen LogP) is -4.02. The van der Waals surface area contributed by atoms with Crippen molar-refractivity contribution < 1.29 is 97.3 Å². The van der Waals surface area contributed by atoms with Gasteiger partial charge >= 0.3 is 44.8 Å². The maximum absolute atomic E-state index is 8.52. The molecule has 0 heterocycles. The fourth-order valence-corrected chi connectivity index (χ4v) is 0. The summed E-state index contributed by atoms with van der Waals surface area (Å²) in [4.78, 5) is 0. The smallest absolute Gasteiger partial charge is 0.759 e. The van der Waals surface area contributed by atoms with Gasteiger partial charge in [-0.05, 0) is 0 Å². The van der Waals surface area contributed by atoms with Gasteiger partial charge in [-0.2, -0.15) is 0 Å². The molecule has 0 aromatic heterocycles. The van der Waals surface area contributed by atoms with Crippen molar-refractivity contribution in [2.24, 2.45) is 0 Å². The monoisotopic (exact) mass is 682 g/mol. The first kappa shape index (κ1) is 30.8. The first-order valence-electron chi connectivity index (χ1n) is 2.00. The van der Waals surface area contributed by atoms with Crippen LogP contribution in [0.25, 0.3) is 0 Å². The van der Waals surface area contributed by atoms with E-state index in [2.05, 4.69) is 0 Å². The van der Waals surface area contributed by atoms with E-state index in [9.17, 15) is 0 Å². The summed E-state index contributed by atoms with van der Waals surface area (Å²) < 4.78 is 102. The zero-order valence-electron chi connectivity index (χ0n) is 6.73. The van der Waals surface area contributed by atoms with E-state index in [4.69, 9.17) is 52.6 Å². The second-order valence-electron chi connectivity index (χ2n) is 1.22. The summed E-state index contributed by atoms with van der Waals surface area (Å²) in [5.41, 5.74) is 0. The molecule has 0 atom stereocenters. The van der Waals surface area contributed by atoms with Crippen molar-refractivity contribution in [2.45, 2.75) is 0 Å². The summed E-state index contributed by atoms with van der Waals surface area (Å²) in [5.74, 6) is 0. The van der Waals surface area contributed by atoms with Gasteiger partial charge < -0.3 is 27.3 Å². The van der Waals surface area contributed by atoms with E-state index in [0.29, 0.717) is 0 Å². The number of hydrogen-bond acceptors (Lipinski definition) is 12. The van der Waals surface area contributed by atoms with Crippen LogP contribution in [0.5, 0.6) is 0 Å². The maximum Gasteiger partial charge on any atom is 3.00 e. The van der Waals surface area contributed by atoms with Crippen LogP contribution in [0.3, 0.4) is 0 Å². The van der Waals surface area contributed by atoms with Gasteiger partial charge in [0.25, 0.3) is 0 Å². The average Bonchev–Trinajstić information content (AvgIpc) is 1.41. The van der Waals surface area contributed by atoms with E-state index in [-0.39, 0.29) is 44.8 Å². The second kappa shape index (κ2) is 12.1. The Hall–Kier alpha value is 1.09. The molecular weight excluding hydrogens is 682 g/mol. The predicted molar refractivity (Wildman–Crippen MR) is 31.4 cm³/mol. The number of rotatable bonds is 0. The second-order valence-corrected chi connectivity index (χ2v) is 3.67. The van der Waals surface area contributed by atoms with Gasteiger partial charge in [0.2, 0.25) is 0 Å². The van der Waals surface area contributed by atoms with E-state index in [1.165, 1.54) is 0 Å². The third-order valence-corrected chi connectivity index (χ3v) is 0. The Morgan fingerprint density at radius 1 is 0.412 bits per heavy atom. The molecule has 0 amide bonds. The van der Waals surface area contributed by atoms with Crippen molar-refractivity contribution in [1.82, 2.24) is 0 Å². The quantitative estimate of drug-likeness (QED) is 0.135. The maximum atomic E-state index is 8.52. The first-order valence-corrected chi connectivity index (χ1v) is 6.00. The van der Waals surface area contributed by atoms with Gasteiger partial charge in [0.05, 0.1) is 0 Å². The molecule has 0 fully saturated rings. The van der Waals surface area contributed by atoms with Crippen LogP contribution in [0.2, 0.25) is 0 Å². The van der Waals surface area contributed by atoms with Gasteiger partial charge in [-0.25, -0.2) is 0 Å². The summed E-state index contributed by atoms with van der Waals surface area (Å²) in [6, 6.07) is 0. The third kappa shape index (κ3) is 3270. The summed E-state index contributed by atoms with van der Waals surface area (Å²) in [6.45, 7) is 0. The molecule has 0 aliphatic rings. The Morgan fingerprint density at radius 2 is 0.412 bits per heavy atom. The molecule has 0 aromatic rings. The van der Waals surface area contributed by atoms with Crippen LogP contribution in [0.4, 0.5) is 0 Å². The van der Waals surface area contributed by atoms with Gasteiger partial charge in [0, 0.05) is 31.2 Å². The average molecular weight is 682 g/mol. The number of hydrogen-bond donors (Lipinski definition) is 0. The fourth-order valence-electron chi connectivity index (χ4n) is 0. The Bertz CT molecular complexity index is 341. The Balaban J connectivity index is -0.0000000400. The van der Waals surface area contributed by atoms with Crippen molar-refractivity contribution >= 4 is 31.2 Å². The molecule has 0 rings (SSSR count). The van der Waals surface area contributed by atoms with Crippen molar-refractivity contribution in [3.05, 3.63) is 0 Å². The van der Waals surface area contributed by atoms with E-state index in [1.54, 1.807) is 0 Å². The van der Waals surface area contributed by atoms with Gasteiger partial charge in [0.1, 0.15) is 0 Å². The van der Waals surface area contributed by atoms with E-state index >= 15 is 0 Å². The molecule has 17 heavy (non-hydrogen) atoms. The topological polar surface area (TPSA) is 241 Å². The zero-order chi connectivity index (χ0) is 13.5. The van der Waals surface area contributed by atoms with Gasteiger partial charge in [-0.3, -0.25) is 25.3 Å². The molecule has 0 aromatic carbocycles. The van der Waals surface area contributed by atoms with Crippen LogP contribution in [0.15, 0.2) is 0 Å². The summed E-state index contributed by atoms with van der Waals surface area (Å²) in [6.07, 6.45) is 0. The standard InChI is InChI=1S/2Au.3H2O4S/c;;3*1-5(2,3)4/h;;3*(H2,1,2,3,4)/q2*+3;;;/p-6. The van der Waals surface area contributed by atoms with Gasteiger partial charge in [-0.1, -0.05) is 0 Å². The van der Waals surface area contributed by atoms with Crippen molar-refractivity contribution in [3.8, 4) is 0 Å². The van der Waals surface area contributed by atoms with Gasteiger partial charge in [-0.15, -0.1) is 0 Å². The molecule has 0 aliphatic heterocycles. The molecule has 0 spiro atoms. The third-order valence-electron chi connectivity index (χ3n) is 0. The Labute approximate surface area is 128 Å². The van der Waals surface area contributed by atoms with Crippen LogP contribution in [0, 0.1) is 0 Å². The SMILES string of the molecule is O=S(=O)([O-])[O-].O=S(=O)([O-])[O-].O=S(=O)([O-])[O-].[Au+3].[Au+3]. The molecule has 17 heteroatoms. The van der Waals surface area contributed by atoms with E-state index < -0.39 is 31.2 Å². The van der Waals surface area contributed by atoms with Crippen molar-refractivity contribution in [2.75, 3.05) is 0 Å². The molecule has 0 unspecified atom stereocenters.